The Morgan fingerprint density at radius 3 is 2.43 bits per heavy atom. The number of hydrogen-bond acceptors (Lipinski definition) is 5. The number of carbonyl (C=O) groups is 1. The molecule has 9 heteroatoms. The van der Waals surface area contributed by atoms with Gasteiger partial charge in [0.1, 0.15) is 0 Å². The van der Waals surface area contributed by atoms with E-state index in [2.05, 4.69) is 4.72 Å². The maximum absolute atomic E-state index is 12.0. The lowest BCUT2D eigenvalue weighted by Crippen LogP contribution is -2.37. The highest BCUT2D eigenvalue weighted by Crippen LogP contribution is 2.26. The molecule has 1 aliphatic heterocycles. The van der Waals surface area contributed by atoms with Crippen LogP contribution in [0, 0.1) is 5.41 Å². The lowest BCUT2D eigenvalue weighted by Gasteiger charge is -2.24. The van der Waals surface area contributed by atoms with Crippen molar-refractivity contribution in [2.24, 2.45) is 5.41 Å². The molecular formula is C12H23NO6S2. The maximum atomic E-state index is 12.0. The van der Waals surface area contributed by atoms with E-state index < -0.39 is 31.1 Å². The number of hydrogen-bond donors (Lipinski definition) is 2. The van der Waals surface area contributed by atoms with Crippen LogP contribution in [0.2, 0.25) is 0 Å². The first kappa shape index (κ1) is 18.4. The first-order valence-electron chi connectivity index (χ1n) is 6.84. The van der Waals surface area contributed by atoms with E-state index in [-0.39, 0.29) is 36.3 Å². The average Bonchev–Trinajstić information content (AvgIpc) is 2.67. The molecule has 0 aromatic rings. The minimum atomic E-state index is -3.63. The van der Waals surface area contributed by atoms with Crippen LogP contribution >= 0.6 is 0 Å². The summed E-state index contributed by atoms with van der Waals surface area (Å²) in [5.74, 6) is -1.27. The van der Waals surface area contributed by atoms with Crippen molar-refractivity contribution in [3.8, 4) is 0 Å². The summed E-state index contributed by atoms with van der Waals surface area (Å²) < 4.78 is 49.1. The molecule has 0 amide bonds. The van der Waals surface area contributed by atoms with Crippen LogP contribution in [-0.2, 0) is 24.7 Å². The van der Waals surface area contributed by atoms with Crippen molar-refractivity contribution in [2.45, 2.75) is 44.8 Å². The van der Waals surface area contributed by atoms with Gasteiger partial charge >= 0.3 is 5.97 Å². The van der Waals surface area contributed by atoms with E-state index in [1.165, 1.54) is 0 Å². The molecule has 0 saturated carbocycles. The Labute approximate surface area is 126 Å². The molecule has 0 bridgehead atoms. The summed E-state index contributed by atoms with van der Waals surface area (Å²) in [6.45, 7) is 3.94. The van der Waals surface area contributed by atoms with Crippen LogP contribution in [0.15, 0.2) is 0 Å². The molecule has 2 N–H and O–H groups in total. The van der Waals surface area contributed by atoms with E-state index in [4.69, 9.17) is 5.11 Å². The van der Waals surface area contributed by atoms with E-state index >= 15 is 0 Å². The second-order valence-electron chi connectivity index (χ2n) is 6.27. The zero-order chi connectivity index (χ0) is 16.3. The number of sulfone groups is 1. The summed E-state index contributed by atoms with van der Waals surface area (Å²) in [5.41, 5.74) is -0.289. The first-order chi connectivity index (χ1) is 9.44. The molecule has 0 aromatic carbocycles. The fourth-order valence-electron chi connectivity index (χ4n) is 2.23. The van der Waals surface area contributed by atoms with Gasteiger partial charge < -0.3 is 5.11 Å². The molecule has 1 heterocycles. The SMILES string of the molecule is CC(C)(CCNS(=O)(=O)C1CCS(=O)(=O)C1)CCC(=O)O. The summed E-state index contributed by atoms with van der Waals surface area (Å²) in [6.07, 6.45) is 1.14. The third-order valence-corrected chi connectivity index (χ3v) is 7.62. The van der Waals surface area contributed by atoms with E-state index in [0.29, 0.717) is 12.8 Å². The van der Waals surface area contributed by atoms with Crippen LogP contribution in [0.3, 0.4) is 0 Å². The molecule has 1 unspecified atom stereocenters. The molecule has 1 rings (SSSR count). The van der Waals surface area contributed by atoms with Gasteiger partial charge in [-0.1, -0.05) is 13.8 Å². The van der Waals surface area contributed by atoms with E-state index in [9.17, 15) is 21.6 Å². The quantitative estimate of drug-likeness (QED) is 0.659. The molecule has 7 nitrogen and oxygen atoms in total. The molecule has 0 aromatic heterocycles. The highest BCUT2D eigenvalue weighted by atomic mass is 32.2. The summed E-state index contributed by atoms with van der Waals surface area (Å²) in [4.78, 5) is 10.5. The average molecular weight is 341 g/mol. The van der Waals surface area contributed by atoms with Crippen molar-refractivity contribution in [3.05, 3.63) is 0 Å². The highest BCUT2D eigenvalue weighted by Gasteiger charge is 2.37. The molecule has 1 saturated heterocycles. The van der Waals surface area contributed by atoms with Crippen molar-refractivity contribution in [1.82, 2.24) is 4.72 Å². The molecule has 1 atom stereocenters. The van der Waals surface area contributed by atoms with Gasteiger partial charge in [-0.25, -0.2) is 21.6 Å². The lowest BCUT2D eigenvalue weighted by molar-refractivity contribution is -0.137. The van der Waals surface area contributed by atoms with E-state index in [1.807, 2.05) is 13.8 Å². The van der Waals surface area contributed by atoms with Crippen LogP contribution in [-0.4, -0.2) is 51.2 Å². The number of nitrogens with one attached hydrogen (secondary N) is 1. The first-order valence-corrected chi connectivity index (χ1v) is 10.2. The van der Waals surface area contributed by atoms with Crippen molar-refractivity contribution < 1.29 is 26.7 Å². The number of aliphatic carboxylic acids is 1. The lowest BCUT2D eigenvalue weighted by atomic mass is 9.84. The molecule has 0 aliphatic carbocycles. The Hall–Kier alpha value is -0.670. The Kier molecular flexibility index (Phi) is 5.79. The fraction of sp³-hybridized carbons (Fsp3) is 0.917. The normalized spacial score (nSPS) is 22.3. The monoisotopic (exact) mass is 341 g/mol. The molecule has 21 heavy (non-hydrogen) atoms. The summed E-state index contributed by atoms with van der Waals surface area (Å²) >= 11 is 0. The third kappa shape index (κ3) is 6.31. The Morgan fingerprint density at radius 1 is 1.33 bits per heavy atom. The van der Waals surface area contributed by atoms with Crippen molar-refractivity contribution in [2.75, 3.05) is 18.1 Å². The van der Waals surface area contributed by atoms with Crippen molar-refractivity contribution in [3.63, 3.8) is 0 Å². The standard InChI is InChI=1S/C12H23NO6S2/c1-12(2,5-3-11(14)15)6-7-13-21(18,19)10-4-8-20(16,17)9-10/h10,13H,3-9H2,1-2H3,(H,14,15). The van der Waals surface area contributed by atoms with Gasteiger partial charge in [0.25, 0.3) is 0 Å². The zero-order valence-electron chi connectivity index (χ0n) is 12.3. The van der Waals surface area contributed by atoms with Gasteiger partial charge in [0.2, 0.25) is 10.0 Å². The van der Waals surface area contributed by atoms with Gasteiger partial charge in [-0.2, -0.15) is 0 Å². The van der Waals surface area contributed by atoms with Crippen LogP contribution in [0.25, 0.3) is 0 Å². The number of carboxylic acids is 1. The predicted molar refractivity (Wildman–Crippen MR) is 79.2 cm³/mol. The Balaban J connectivity index is 2.46. The van der Waals surface area contributed by atoms with Gasteiger partial charge in [0.15, 0.2) is 9.84 Å². The molecular weight excluding hydrogens is 318 g/mol. The fourth-order valence-corrected chi connectivity index (χ4v) is 6.31. The number of carboxylic acid groups (broad SMARTS) is 1. The maximum Gasteiger partial charge on any atom is 0.303 e. The molecule has 0 spiro atoms. The summed E-state index contributed by atoms with van der Waals surface area (Å²) in [5, 5.41) is 7.79. The van der Waals surface area contributed by atoms with E-state index in [1.54, 1.807) is 0 Å². The molecule has 1 aliphatic rings. The number of sulfonamides is 1. The van der Waals surface area contributed by atoms with Gasteiger partial charge in [-0.3, -0.25) is 4.79 Å². The Bertz CT molecular complexity index is 579. The highest BCUT2D eigenvalue weighted by molar-refractivity contribution is 7.95. The van der Waals surface area contributed by atoms with Crippen LogP contribution < -0.4 is 4.72 Å². The second kappa shape index (κ2) is 6.62. The summed E-state index contributed by atoms with van der Waals surface area (Å²) in [7, 11) is -6.86. The third-order valence-electron chi connectivity index (χ3n) is 3.75. The van der Waals surface area contributed by atoms with Gasteiger partial charge in [0.05, 0.1) is 16.8 Å². The van der Waals surface area contributed by atoms with Crippen LogP contribution in [0.5, 0.6) is 0 Å². The minimum absolute atomic E-state index is 0.0423. The molecule has 1 fully saturated rings. The molecule has 0 radical (unpaired) electrons. The topological polar surface area (TPSA) is 118 Å². The zero-order valence-corrected chi connectivity index (χ0v) is 14.0. The van der Waals surface area contributed by atoms with Crippen molar-refractivity contribution in [1.29, 1.82) is 0 Å². The smallest absolute Gasteiger partial charge is 0.303 e. The van der Waals surface area contributed by atoms with Gasteiger partial charge in [-0.05, 0) is 24.7 Å². The molecule has 124 valence electrons. The van der Waals surface area contributed by atoms with Crippen LogP contribution in [0.1, 0.15) is 39.5 Å². The predicted octanol–water partition coefficient (Wildman–Crippen LogP) is 0.374. The minimum Gasteiger partial charge on any atom is -0.481 e. The Morgan fingerprint density at radius 2 is 1.95 bits per heavy atom. The second-order valence-corrected chi connectivity index (χ2v) is 10.5. The van der Waals surface area contributed by atoms with Crippen molar-refractivity contribution >= 4 is 25.8 Å². The van der Waals surface area contributed by atoms with Gasteiger partial charge in [-0.15, -0.1) is 0 Å². The van der Waals surface area contributed by atoms with Gasteiger partial charge in [0, 0.05) is 13.0 Å². The number of rotatable bonds is 8. The van der Waals surface area contributed by atoms with Crippen LogP contribution in [0.4, 0.5) is 0 Å². The largest absolute Gasteiger partial charge is 0.481 e. The van der Waals surface area contributed by atoms with E-state index in [0.717, 1.165) is 0 Å². The summed E-state index contributed by atoms with van der Waals surface area (Å²) in [6, 6.07) is 0.